The van der Waals surface area contributed by atoms with E-state index in [0.717, 1.165) is 22.2 Å². The van der Waals surface area contributed by atoms with Gasteiger partial charge in [-0.2, -0.15) is 4.98 Å². The van der Waals surface area contributed by atoms with E-state index >= 15 is 0 Å². The lowest BCUT2D eigenvalue weighted by Crippen LogP contribution is -2.39. The highest BCUT2D eigenvalue weighted by atomic mass is 35.5. The van der Waals surface area contributed by atoms with Crippen LogP contribution in [0.1, 0.15) is 11.6 Å². The summed E-state index contributed by atoms with van der Waals surface area (Å²) in [4.78, 5) is 10.8. The highest BCUT2D eigenvalue weighted by Crippen LogP contribution is 2.20. The number of aryl methyl sites for hydroxylation is 1. The molecular weight excluding hydrogens is 399 g/mol. The largest absolute Gasteiger partial charge is 0.356 e. The van der Waals surface area contributed by atoms with Crippen LogP contribution in [0.25, 0.3) is 11.4 Å². The second-order valence-electron chi connectivity index (χ2n) is 6.36. The van der Waals surface area contributed by atoms with Gasteiger partial charge in [-0.25, -0.2) is 0 Å². The van der Waals surface area contributed by atoms with Crippen LogP contribution in [-0.4, -0.2) is 46.2 Å². The summed E-state index contributed by atoms with van der Waals surface area (Å²) in [6.45, 7) is 1.30. The summed E-state index contributed by atoms with van der Waals surface area (Å²) < 4.78 is 7.34. The molecule has 3 rings (SSSR count). The summed E-state index contributed by atoms with van der Waals surface area (Å²) in [5.41, 5.74) is 1.92. The first-order chi connectivity index (χ1) is 13.5. The second-order valence-corrected chi connectivity index (χ2v) is 7.24. The van der Waals surface area contributed by atoms with Crippen LogP contribution in [0.5, 0.6) is 0 Å². The van der Waals surface area contributed by atoms with Gasteiger partial charge in [0.1, 0.15) is 0 Å². The van der Waals surface area contributed by atoms with E-state index in [0.29, 0.717) is 36.2 Å². The molecule has 0 amide bonds. The summed E-state index contributed by atoms with van der Waals surface area (Å²) in [6, 6.07) is 9.31. The summed E-state index contributed by atoms with van der Waals surface area (Å²) >= 11 is 12.1. The molecule has 0 radical (unpaired) electrons. The van der Waals surface area contributed by atoms with Crippen LogP contribution >= 0.6 is 23.2 Å². The topological polar surface area (TPSA) is 71.5 Å². The average molecular weight is 421 g/mol. The lowest BCUT2D eigenvalue weighted by Gasteiger charge is -2.22. The molecule has 0 aliphatic heterocycles. The molecule has 0 saturated heterocycles. The lowest BCUT2D eigenvalue weighted by molar-refractivity contribution is 0.377. The van der Waals surface area contributed by atoms with Crippen molar-refractivity contribution in [2.75, 3.05) is 20.6 Å². The van der Waals surface area contributed by atoms with Gasteiger partial charge in [-0.15, -0.1) is 0 Å². The minimum absolute atomic E-state index is 0.527. The number of aliphatic imine (C=N–C) groups is 1. The number of halogens is 2. The zero-order valence-electron chi connectivity index (χ0n) is 16.0. The maximum atomic E-state index is 6.05. The van der Waals surface area contributed by atoms with E-state index in [1.807, 2.05) is 54.0 Å². The highest BCUT2D eigenvalue weighted by Gasteiger charge is 2.12. The van der Waals surface area contributed by atoms with Gasteiger partial charge in [-0.3, -0.25) is 4.99 Å². The number of benzene rings is 1. The molecule has 0 fully saturated rings. The Morgan fingerprint density at radius 3 is 2.79 bits per heavy atom. The standard InChI is InChI=1S/C19H22Cl2N6O/c1-22-19(27(3)12-16-10-15(21)11-26(16)2)23-8-7-17-24-18(25-28-17)13-5-4-6-14(20)9-13/h4-6,9-11H,7-8,12H2,1-3H3,(H,22,23). The SMILES string of the molecule is CN=C(NCCc1nc(-c2cccc(Cl)c2)no1)N(C)Cc1cc(Cl)cn1C. The lowest BCUT2D eigenvalue weighted by atomic mass is 10.2. The first-order valence-corrected chi connectivity index (χ1v) is 9.53. The van der Waals surface area contributed by atoms with Gasteiger partial charge in [0.2, 0.25) is 11.7 Å². The third-order valence-corrected chi connectivity index (χ3v) is 4.66. The molecule has 7 nitrogen and oxygen atoms in total. The fourth-order valence-corrected chi connectivity index (χ4v) is 3.27. The summed E-state index contributed by atoms with van der Waals surface area (Å²) in [6.07, 6.45) is 2.46. The van der Waals surface area contributed by atoms with Gasteiger partial charge >= 0.3 is 0 Å². The third-order valence-electron chi connectivity index (χ3n) is 4.22. The second kappa shape index (κ2) is 9.12. The van der Waals surface area contributed by atoms with Crippen LogP contribution in [0.15, 0.2) is 46.0 Å². The van der Waals surface area contributed by atoms with Crippen molar-refractivity contribution >= 4 is 29.2 Å². The molecule has 3 aromatic rings. The monoisotopic (exact) mass is 420 g/mol. The van der Waals surface area contributed by atoms with Crippen molar-refractivity contribution in [2.24, 2.45) is 12.0 Å². The van der Waals surface area contributed by atoms with Crippen molar-refractivity contribution in [3.63, 3.8) is 0 Å². The summed E-state index contributed by atoms with van der Waals surface area (Å²) in [5, 5.41) is 8.69. The van der Waals surface area contributed by atoms with Crippen LogP contribution in [0, 0.1) is 0 Å². The molecule has 1 aromatic carbocycles. The van der Waals surface area contributed by atoms with Gasteiger partial charge in [0.25, 0.3) is 0 Å². The Labute approximate surface area is 174 Å². The van der Waals surface area contributed by atoms with Crippen molar-refractivity contribution in [1.82, 2.24) is 24.9 Å². The Morgan fingerprint density at radius 1 is 1.29 bits per heavy atom. The minimum Gasteiger partial charge on any atom is -0.356 e. The molecule has 0 atom stereocenters. The van der Waals surface area contributed by atoms with E-state index in [1.165, 1.54) is 0 Å². The molecule has 9 heteroatoms. The van der Waals surface area contributed by atoms with E-state index in [2.05, 4.69) is 20.4 Å². The zero-order chi connectivity index (χ0) is 20.1. The molecule has 0 unspecified atom stereocenters. The molecule has 2 heterocycles. The van der Waals surface area contributed by atoms with Crippen LogP contribution in [0.4, 0.5) is 0 Å². The summed E-state index contributed by atoms with van der Waals surface area (Å²) in [7, 11) is 5.69. The van der Waals surface area contributed by atoms with Crippen LogP contribution in [0.3, 0.4) is 0 Å². The van der Waals surface area contributed by atoms with Crippen molar-refractivity contribution in [3.8, 4) is 11.4 Å². The molecule has 0 aliphatic carbocycles. The van der Waals surface area contributed by atoms with E-state index < -0.39 is 0 Å². The maximum Gasteiger partial charge on any atom is 0.228 e. The van der Waals surface area contributed by atoms with Gasteiger partial charge in [-0.1, -0.05) is 40.5 Å². The van der Waals surface area contributed by atoms with E-state index in [4.69, 9.17) is 27.7 Å². The molecule has 2 aromatic heterocycles. The fourth-order valence-electron chi connectivity index (χ4n) is 2.81. The predicted molar refractivity (Wildman–Crippen MR) is 112 cm³/mol. The van der Waals surface area contributed by atoms with Gasteiger partial charge in [0.05, 0.1) is 11.6 Å². The van der Waals surface area contributed by atoms with Crippen molar-refractivity contribution in [3.05, 3.63) is 58.2 Å². The Balaban J connectivity index is 1.54. The smallest absolute Gasteiger partial charge is 0.228 e. The van der Waals surface area contributed by atoms with Crippen molar-refractivity contribution in [2.45, 2.75) is 13.0 Å². The number of guanidine groups is 1. The quantitative estimate of drug-likeness (QED) is 0.486. The molecule has 0 spiro atoms. The average Bonchev–Trinajstić information content (AvgIpc) is 3.25. The molecular formula is C19H22Cl2N6O. The van der Waals surface area contributed by atoms with E-state index in [1.54, 1.807) is 13.1 Å². The Bertz CT molecular complexity index is 965. The Kier molecular flexibility index (Phi) is 6.59. The first-order valence-electron chi connectivity index (χ1n) is 8.77. The highest BCUT2D eigenvalue weighted by molar-refractivity contribution is 6.31. The molecule has 28 heavy (non-hydrogen) atoms. The van der Waals surface area contributed by atoms with E-state index in [-0.39, 0.29) is 0 Å². The number of hydrogen-bond acceptors (Lipinski definition) is 4. The molecule has 0 saturated carbocycles. The first kappa shape index (κ1) is 20.2. The van der Waals surface area contributed by atoms with Gasteiger partial charge in [-0.05, 0) is 18.2 Å². The molecule has 0 aliphatic rings. The van der Waals surface area contributed by atoms with Crippen molar-refractivity contribution in [1.29, 1.82) is 0 Å². The van der Waals surface area contributed by atoms with Gasteiger partial charge in [0.15, 0.2) is 5.96 Å². The zero-order valence-corrected chi connectivity index (χ0v) is 17.5. The number of rotatable bonds is 6. The normalized spacial score (nSPS) is 11.7. The Morgan fingerprint density at radius 2 is 2.11 bits per heavy atom. The van der Waals surface area contributed by atoms with Crippen molar-refractivity contribution < 1.29 is 4.52 Å². The number of aromatic nitrogens is 3. The van der Waals surface area contributed by atoms with Crippen LogP contribution in [-0.2, 0) is 20.0 Å². The van der Waals surface area contributed by atoms with Crippen LogP contribution < -0.4 is 5.32 Å². The number of nitrogens with zero attached hydrogens (tertiary/aromatic N) is 5. The van der Waals surface area contributed by atoms with Crippen LogP contribution in [0.2, 0.25) is 10.0 Å². The number of hydrogen-bond donors (Lipinski definition) is 1. The van der Waals surface area contributed by atoms with Gasteiger partial charge < -0.3 is 19.3 Å². The third kappa shape index (κ3) is 5.05. The Hall–Kier alpha value is -2.51. The number of nitrogens with one attached hydrogen (secondary N) is 1. The molecule has 0 bridgehead atoms. The minimum atomic E-state index is 0.527. The fraction of sp³-hybridized carbons (Fsp3) is 0.316. The van der Waals surface area contributed by atoms with Gasteiger partial charge in [0, 0.05) is 56.6 Å². The predicted octanol–water partition coefficient (Wildman–Crippen LogP) is 3.63. The molecule has 1 N–H and O–H groups in total. The summed E-state index contributed by atoms with van der Waals surface area (Å²) in [5.74, 6) is 1.85. The van der Waals surface area contributed by atoms with E-state index in [9.17, 15) is 0 Å². The maximum absolute atomic E-state index is 6.05. The molecule has 148 valence electrons.